The van der Waals surface area contributed by atoms with Crippen LogP contribution in [0.2, 0.25) is 0 Å². The van der Waals surface area contributed by atoms with E-state index in [1.54, 1.807) is 0 Å². The second-order valence-corrected chi connectivity index (χ2v) is 11.6. The van der Waals surface area contributed by atoms with Crippen molar-refractivity contribution in [3.05, 3.63) is 152 Å². The van der Waals surface area contributed by atoms with Crippen LogP contribution in [0.3, 0.4) is 0 Å². The van der Waals surface area contributed by atoms with Gasteiger partial charge in [0.1, 0.15) is 16.8 Å². The van der Waals surface area contributed by atoms with Gasteiger partial charge in [-0.3, -0.25) is 4.57 Å². The van der Waals surface area contributed by atoms with E-state index in [9.17, 15) is 0 Å². The standard InChI is InChI=1S/C41H25N3O/c1-4-15-36-30(11-1)31-12-2-5-16-37(31)43(36)28-10-7-9-26(23-28)27-18-20-39-34(24-27)35-25-29(19-21-40(35)45-39)44-38-17-6-3-13-32(38)33-14-8-22-42-41(33)44/h1-25H. The number of fused-ring (bicyclic) bond motifs is 9. The van der Waals surface area contributed by atoms with Crippen molar-refractivity contribution in [2.24, 2.45) is 0 Å². The maximum atomic E-state index is 6.34. The van der Waals surface area contributed by atoms with Crippen molar-refractivity contribution >= 4 is 65.7 Å². The lowest BCUT2D eigenvalue weighted by molar-refractivity contribution is 0.669. The Balaban J connectivity index is 1.15. The van der Waals surface area contributed by atoms with Crippen molar-refractivity contribution in [3.8, 4) is 22.5 Å². The van der Waals surface area contributed by atoms with Crippen molar-refractivity contribution in [1.82, 2.24) is 14.1 Å². The van der Waals surface area contributed by atoms with E-state index in [-0.39, 0.29) is 0 Å². The monoisotopic (exact) mass is 575 g/mol. The summed E-state index contributed by atoms with van der Waals surface area (Å²) in [5.41, 5.74) is 10.8. The largest absolute Gasteiger partial charge is 0.456 e. The highest BCUT2D eigenvalue weighted by molar-refractivity contribution is 6.11. The third-order valence-electron chi connectivity index (χ3n) is 9.16. The van der Waals surface area contributed by atoms with Crippen LogP contribution in [-0.4, -0.2) is 14.1 Å². The lowest BCUT2D eigenvalue weighted by atomic mass is 10.0. The molecule has 0 amide bonds. The van der Waals surface area contributed by atoms with Crippen molar-refractivity contribution < 1.29 is 4.42 Å². The minimum Gasteiger partial charge on any atom is -0.456 e. The van der Waals surface area contributed by atoms with E-state index < -0.39 is 0 Å². The first-order chi connectivity index (χ1) is 22.3. The summed E-state index contributed by atoms with van der Waals surface area (Å²) < 4.78 is 11.0. The Kier molecular flexibility index (Phi) is 4.96. The molecule has 0 atom stereocenters. The van der Waals surface area contributed by atoms with Gasteiger partial charge in [0, 0.05) is 49.9 Å². The first kappa shape index (κ1) is 24.3. The van der Waals surface area contributed by atoms with Crippen molar-refractivity contribution in [2.75, 3.05) is 0 Å². The van der Waals surface area contributed by atoms with E-state index in [2.05, 4.69) is 149 Å². The summed E-state index contributed by atoms with van der Waals surface area (Å²) in [6.07, 6.45) is 1.86. The number of hydrogen-bond acceptors (Lipinski definition) is 2. The zero-order valence-corrected chi connectivity index (χ0v) is 24.2. The molecule has 0 saturated carbocycles. The van der Waals surface area contributed by atoms with Gasteiger partial charge >= 0.3 is 0 Å². The number of aromatic nitrogens is 3. The summed E-state index contributed by atoms with van der Waals surface area (Å²) in [6, 6.07) is 51.7. The summed E-state index contributed by atoms with van der Waals surface area (Å²) >= 11 is 0. The Labute approximate surface area is 258 Å². The zero-order chi connectivity index (χ0) is 29.5. The first-order valence-corrected chi connectivity index (χ1v) is 15.2. The van der Waals surface area contributed by atoms with Gasteiger partial charge in [-0.05, 0) is 83.9 Å². The van der Waals surface area contributed by atoms with E-state index in [4.69, 9.17) is 9.40 Å². The molecular weight excluding hydrogens is 550 g/mol. The average molecular weight is 576 g/mol. The number of pyridine rings is 1. The van der Waals surface area contributed by atoms with Gasteiger partial charge in [0.15, 0.2) is 0 Å². The molecule has 0 aliphatic rings. The fourth-order valence-corrected chi connectivity index (χ4v) is 7.17. The second kappa shape index (κ2) is 9.18. The van der Waals surface area contributed by atoms with Crippen LogP contribution in [0.4, 0.5) is 0 Å². The zero-order valence-electron chi connectivity index (χ0n) is 24.2. The minimum atomic E-state index is 0.874. The van der Waals surface area contributed by atoms with Gasteiger partial charge in [0.05, 0.1) is 16.6 Å². The molecule has 0 aliphatic carbocycles. The van der Waals surface area contributed by atoms with Crippen LogP contribution in [0, 0.1) is 0 Å². The topological polar surface area (TPSA) is 35.9 Å². The van der Waals surface area contributed by atoms with Crippen LogP contribution in [0.1, 0.15) is 0 Å². The number of benzene rings is 6. The molecule has 0 unspecified atom stereocenters. The van der Waals surface area contributed by atoms with Crippen molar-refractivity contribution in [1.29, 1.82) is 0 Å². The Hall–Kier alpha value is -6.13. The molecule has 0 spiro atoms. The lowest BCUT2D eigenvalue weighted by Gasteiger charge is -2.10. The quantitative estimate of drug-likeness (QED) is 0.210. The maximum absolute atomic E-state index is 6.34. The predicted octanol–water partition coefficient (Wildman–Crippen LogP) is 10.8. The number of rotatable bonds is 3. The van der Waals surface area contributed by atoms with E-state index in [0.29, 0.717) is 0 Å². The Morgan fingerprint density at radius 1 is 0.400 bits per heavy atom. The number of nitrogens with zero attached hydrogens (tertiary/aromatic N) is 3. The molecule has 4 nitrogen and oxygen atoms in total. The van der Waals surface area contributed by atoms with Gasteiger partial charge < -0.3 is 8.98 Å². The van der Waals surface area contributed by atoms with Crippen LogP contribution in [-0.2, 0) is 0 Å². The van der Waals surface area contributed by atoms with Crippen LogP contribution in [0.25, 0.3) is 88.2 Å². The molecule has 0 aliphatic heterocycles. The minimum absolute atomic E-state index is 0.874. The smallest absolute Gasteiger partial charge is 0.145 e. The van der Waals surface area contributed by atoms with Gasteiger partial charge in [0.2, 0.25) is 0 Å². The highest BCUT2D eigenvalue weighted by atomic mass is 16.3. The molecule has 0 radical (unpaired) electrons. The Bertz CT molecular complexity index is 2670. The third-order valence-corrected chi connectivity index (χ3v) is 9.16. The number of furan rings is 1. The predicted molar refractivity (Wildman–Crippen MR) is 186 cm³/mol. The fraction of sp³-hybridized carbons (Fsp3) is 0. The SMILES string of the molecule is c1cc(-c2ccc3oc4ccc(-n5c6ccccc6c6cccnc65)cc4c3c2)cc(-n2c3ccccc3c3ccccc32)c1. The summed E-state index contributed by atoms with van der Waals surface area (Å²) in [4.78, 5) is 4.78. The Morgan fingerprint density at radius 3 is 1.73 bits per heavy atom. The van der Waals surface area contributed by atoms with Crippen LogP contribution >= 0.6 is 0 Å². The molecule has 45 heavy (non-hydrogen) atoms. The highest BCUT2D eigenvalue weighted by Gasteiger charge is 2.16. The van der Waals surface area contributed by atoms with Gasteiger partial charge in [0.25, 0.3) is 0 Å². The molecule has 0 bridgehead atoms. The molecule has 10 rings (SSSR count). The summed E-state index contributed by atoms with van der Waals surface area (Å²) in [6.45, 7) is 0. The van der Waals surface area contributed by atoms with Crippen LogP contribution in [0.5, 0.6) is 0 Å². The number of hydrogen-bond donors (Lipinski definition) is 0. The molecule has 4 aromatic heterocycles. The first-order valence-electron chi connectivity index (χ1n) is 15.2. The fourth-order valence-electron chi connectivity index (χ4n) is 7.17. The Morgan fingerprint density at radius 2 is 0.978 bits per heavy atom. The molecule has 0 fully saturated rings. The molecule has 4 heterocycles. The normalized spacial score (nSPS) is 12.0. The molecule has 0 N–H and O–H groups in total. The third kappa shape index (κ3) is 3.51. The van der Waals surface area contributed by atoms with Gasteiger partial charge in [-0.25, -0.2) is 4.98 Å². The molecular formula is C41H25N3O. The molecule has 10 aromatic rings. The van der Waals surface area contributed by atoms with Gasteiger partial charge in [-0.1, -0.05) is 72.8 Å². The molecule has 0 saturated heterocycles. The van der Waals surface area contributed by atoms with Gasteiger partial charge in [-0.2, -0.15) is 0 Å². The summed E-state index contributed by atoms with van der Waals surface area (Å²) in [5, 5.41) is 7.06. The van der Waals surface area contributed by atoms with E-state index in [0.717, 1.165) is 61.0 Å². The second-order valence-electron chi connectivity index (χ2n) is 11.6. The van der Waals surface area contributed by atoms with E-state index in [1.165, 1.54) is 27.2 Å². The van der Waals surface area contributed by atoms with E-state index >= 15 is 0 Å². The van der Waals surface area contributed by atoms with Crippen molar-refractivity contribution in [3.63, 3.8) is 0 Å². The van der Waals surface area contributed by atoms with E-state index in [1.807, 2.05) is 12.3 Å². The number of para-hydroxylation sites is 3. The van der Waals surface area contributed by atoms with Gasteiger partial charge in [-0.15, -0.1) is 0 Å². The molecule has 210 valence electrons. The summed E-state index contributed by atoms with van der Waals surface area (Å²) in [5.74, 6) is 0. The highest BCUT2D eigenvalue weighted by Crippen LogP contribution is 2.37. The lowest BCUT2D eigenvalue weighted by Crippen LogP contribution is -1.94. The summed E-state index contributed by atoms with van der Waals surface area (Å²) in [7, 11) is 0. The molecule has 6 aromatic carbocycles. The van der Waals surface area contributed by atoms with Crippen LogP contribution in [0.15, 0.2) is 156 Å². The van der Waals surface area contributed by atoms with Crippen LogP contribution < -0.4 is 0 Å². The molecule has 4 heteroatoms. The van der Waals surface area contributed by atoms with Crippen molar-refractivity contribution in [2.45, 2.75) is 0 Å². The average Bonchev–Trinajstić information content (AvgIpc) is 3.75. The maximum Gasteiger partial charge on any atom is 0.145 e.